The summed E-state index contributed by atoms with van der Waals surface area (Å²) >= 11 is 0. The first-order chi connectivity index (χ1) is 12.3. The van der Waals surface area contributed by atoms with Gasteiger partial charge in [-0.25, -0.2) is 4.79 Å². The van der Waals surface area contributed by atoms with Gasteiger partial charge in [-0.2, -0.15) is 4.68 Å². The van der Waals surface area contributed by atoms with Crippen LogP contribution >= 0.6 is 0 Å². The molecule has 0 fully saturated rings. The summed E-state index contributed by atoms with van der Waals surface area (Å²) in [7, 11) is 0. The molecule has 138 valence electrons. The van der Waals surface area contributed by atoms with Crippen LogP contribution in [0.2, 0.25) is 0 Å². The molecular formula is C18H23N5O3. The molecule has 0 saturated heterocycles. The van der Waals surface area contributed by atoms with Gasteiger partial charge in [-0.3, -0.25) is 0 Å². The predicted octanol–water partition coefficient (Wildman–Crippen LogP) is 2.70. The summed E-state index contributed by atoms with van der Waals surface area (Å²) in [5.41, 5.74) is 1.40. The molecule has 26 heavy (non-hydrogen) atoms. The molecule has 0 radical (unpaired) electrons. The molecule has 8 nitrogen and oxygen atoms in total. The second-order valence-corrected chi connectivity index (χ2v) is 7.02. The maximum Gasteiger partial charge on any atom is 0.338 e. The van der Waals surface area contributed by atoms with E-state index in [1.807, 2.05) is 58.9 Å². The zero-order valence-electron chi connectivity index (χ0n) is 15.6. The first kappa shape index (κ1) is 17.9. The molecule has 0 aliphatic carbocycles. The van der Waals surface area contributed by atoms with Crippen molar-refractivity contribution in [2.75, 3.05) is 11.9 Å². The van der Waals surface area contributed by atoms with Gasteiger partial charge in [0.2, 0.25) is 5.95 Å². The molecule has 1 aliphatic heterocycles. The van der Waals surface area contributed by atoms with Gasteiger partial charge >= 0.3 is 5.97 Å². The fourth-order valence-electron chi connectivity index (χ4n) is 2.83. The lowest BCUT2D eigenvalue weighted by Crippen LogP contribution is -2.33. The zero-order chi connectivity index (χ0) is 18.9. The van der Waals surface area contributed by atoms with E-state index in [4.69, 9.17) is 9.47 Å². The Morgan fingerprint density at radius 1 is 1.27 bits per heavy atom. The van der Waals surface area contributed by atoms with Gasteiger partial charge in [-0.1, -0.05) is 17.2 Å². The van der Waals surface area contributed by atoms with E-state index in [0.29, 0.717) is 23.8 Å². The van der Waals surface area contributed by atoms with Crippen molar-refractivity contribution in [3.8, 4) is 5.75 Å². The van der Waals surface area contributed by atoms with Crippen LogP contribution in [0.1, 0.15) is 46.2 Å². The lowest BCUT2D eigenvalue weighted by Gasteiger charge is -2.29. The molecular weight excluding hydrogens is 334 g/mol. The average Bonchev–Trinajstić information content (AvgIpc) is 3.01. The van der Waals surface area contributed by atoms with Gasteiger partial charge < -0.3 is 14.8 Å². The van der Waals surface area contributed by atoms with E-state index >= 15 is 0 Å². The number of nitrogens with one attached hydrogen (secondary N) is 1. The summed E-state index contributed by atoms with van der Waals surface area (Å²) < 4.78 is 12.7. The summed E-state index contributed by atoms with van der Waals surface area (Å²) in [4.78, 5) is 12.9. The number of carbonyl (C=O) groups is 1. The number of hydrogen-bond donors (Lipinski definition) is 1. The highest BCUT2D eigenvalue weighted by atomic mass is 16.6. The standard InChI is InChI=1S/C18H23N5O3/c1-6-25-13-9-7-12(8-10-13)15-14(16(24)26-18(3,4)5)11(2)19-17-20-21-22-23(15)17/h7-10,15H,6H2,1-5H3,(H,19,20,22). The summed E-state index contributed by atoms with van der Waals surface area (Å²) in [6.07, 6.45) is 0. The number of aromatic nitrogens is 4. The maximum atomic E-state index is 12.9. The molecule has 2 heterocycles. The number of hydrogen-bond acceptors (Lipinski definition) is 7. The van der Waals surface area contributed by atoms with Crippen LogP contribution in [0.4, 0.5) is 5.95 Å². The van der Waals surface area contributed by atoms with Crippen LogP contribution in [0, 0.1) is 0 Å². The number of benzene rings is 1. The molecule has 0 bridgehead atoms. The summed E-state index contributed by atoms with van der Waals surface area (Å²) in [5, 5.41) is 14.8. The Labute approximate surface area is 152 Å². The molecule has 0 saturated carbocycles. The van der Waals surface area contributed by atoms with E-state index < -0.39 is 17.6 Å². The number of nitrogens with zero attached hydrogens (tertiary/aromatic N) is 4. The van der Waals surface area contributed by atoms with Gasteiger partial charge in [-0.15, -0.1) is 0 Å². The SMILES string of the molecule is CCOc1ccc(C2C(C(=O)OC(C)(C)C)=C(C)Nc3nnnn32)cc1. The Morgan fingerprint density at radius 3 is 2.58 bits per heavy atom. The van der Waals surface area contributed by atoms with Crippen LogP contribution < -0.4 is 10.1 Å². The van der Waals surface area contributed by atoms with E-state index in [9.17, 15) is 4.79 Å². The van der Waals surface area contributed by atoms with E-state index in [1.54, 1.807) is 4.68 Å². The molecule has 2 aromatic rings. The van der Waals surface area contributed by atoms with Gasteiger partial charge in [0, 0.05) is 5.70 Å². The summed E-state index contributed by atoms with van der Waals surface area (Å²) in [6, 6.07) is 7.07. The van der Waals surface area contributed by atoms with Gasteiger partial charge in [0.15, 0.2) is 0 Å². The molecule has 1 atom stereocenters. The number of fused-ring (bicyclic) bond motifs is 1. The minimum absolute atomic E-state index is 0.400. The van der Waals surface area contributed by atoms with Gasteiger partial charge in [-0.05, 0) is 62.7 Å². The van der Waals surface area contributed by atoms with Crippen molar-refractivity contribution in [3.63, 3.8) is 0 Å². The predicted molar refractivity (Wildman–Crippen MR) is 95.7 cm³/mol. The second-order valence-electron chi connectivity index (χ2n) is 7.02. The van der Waals surface area contributed by atoms with Crippen molar-refractivity contribution in [1.82, 2.24) is 20.2 Å². The van der Waals surface area contributed by atoms with Crippen molar-refractivity contribution in [1.29, 1.82) is 0 Å². The van der Waals surface area contributed by atoms with Crippen molar-refractivity contribution >= 4 is 11.9 Å². The molecule has 3 rings (SSSR count). The first-order valence-electron chi connectivity index (χ1n) is 8.52. The van der Waals surface area contributed by atoms with Gasteiger partial charge in [0.25, 0.3) is 0 Å². The molecule has 0 spiro atoms. The monoisotopic (exact) mass is 357 g/mol. The highest BCUT2D eigenvalue weighted by Crippen LogP contribution is 2.36. The van der Waals surface area contributed by atoms with Crippen molar-refractivity contribution in [3.05, 3.63) is 41.1 Å². The molecule has 1 aromatic heterocycles. The Hall–Kier alpha value is -2.90. The quantitative estimate of drug-likeness (QED) is 0.841. The number of ether oxygens (including phenoxy) is 2. The minimum Gasteiger partial charge on any atom is -0.494 e. The third kappa shape index (κ3) is 3.54. The second kappa shape index (κ2) is 6.78. The average molecular weight is 357 g/mol. The lowest BCUT2D eigenvalue weighted by atomic mass is 9.95. The van der Waals surface area contributed by atoms with Crippen molar-refractivity contribution in [2.45, 2.75) is 46.3 Å². The van der Waals surface area contributed by atoms with Crippen LogP contribution in [-0.4, -0.2) is 38.4 Å². The fourth-order valence-corrected chi connectivity index (χ4v) is 2.83. The van der Waals surface area contributed by atoms with Crippen molar-refractivity contribution < 1.29 is 14.3 Å². The number of allylic oxidation sites excluding steroid dienone is 1. The maximum absolute atomic E-state index is 12.9. The van der Waals surface area contributed by atoms with E-state index in [-0.39, 0.29) is 0 Å². The van der Waals surface area contributed by atoms with Gasteiger partial charge in [0.05, 0.1) is 12.2 Å². The Morgan fingerprint density at radius 2 is 1.96 bits per heavy atom. The normalized spacial score (nSPS) is 16.7. The minimum atomic E-state index is -0.603. The van der Waals surface area contributed by atoms with E-state index in [0.717, 1.165) is 11.3 Å². The smallest absolute Gasteiger partial charge is 0.338 e. The van der Waals surface area contributed by atoms with Crippen LogP contribution in [-0.2, 0) is 9.53 Å². The molecule has 0 amide bonds. The Kier molecular flexibility index (Phi) is 4.67. The topological polar surface area (TPSA) is 91.2 Å². The Balaban J connectivity index is 2.04. The lowest BCUT2D eigenvalue weighted by molar-refractivity contribution is -0.150. The summed E-state index contributed by atoms with van der Waals surface area (Å²) in [5.74, 6) is 0.845. The molecule has 8 heteroatoms. The van der Waals surface area contributed by atoms with Crippen LogP contribution in [0.15, 0.2) is 35.5 Å². The zero-order valence-corrected chi connectivity index (χ0v) is 15.6. The third-order valence-electron chi connectivity index (χ3n) is 3.84. The van der Waals surface area contributed by atoms with E-state index in [1.165, 1.54) is 0 Å². The highest BCUT2D eigenvalue weighted by Gasteiger charge is 2.36. The highest BCUT2D eigenvalue weighted by molar-refractivity contribution is 5.92. The van der Waals surface area contributed by atoms with Crippen molar-refractivity contribution in [2.24, 2.45) is 0 Å². The Bertz CT molecular complexity index is 833. The van der Waals surface area contributed by atoms with Gasteiger partial charge in [0.1, 0.15) is 17.4 Å². The largest absolute Gasteiger partial charge is 0.494 e. The van der Waals surface area contributed by atoms with Crippen LogP contribution in [0.25, 0.3) is 0 Å². The number of esters is 1. The van der Waals surface area contributed by atoms with Crippen LogP contribution in [0.3, 0.4) is 0 Å². The number of rotatable bonds is 4. The number of anilines is 1. The molecule has 1 aliphatic rings. The molecule has 1 N–H and O–H groups in total. The molecule has 1 unspecified atom stereocenters. The van der Waals surface area contributed by atoms with Crippen LogP contribution in [0.5, 0.6) is 5.75 Å². The summed E-state index contributed by atoms with van der Waals surface area (Å²) in [6.45, 7) is 9.86. The molecule has 1 aromatic carbocycles. The number of carbonyl (C=O) groups excluding carboxylic acids is 1. The van der Waals surface area contributed by atoms with E-state index in [2.05, 4.69) is 20.8 Å². The number of tetrazole rings is 1. The first-order valence-corrected chi connectivity index (χ1v) is 8.52. The third-order valence-corrected chi connectivity index (χ3v) is 3.84. The fraction of sp³-hybridized carbons (Fsp3) is 0.444.